The molecule has 1 aromatic heterocycles. The highest BCUT2D eigenvalue weighted by Crippen LogP contribution is 2.27. The molecule has 0 radical (unpaired) electrons. The summed E-state index contributed by atoms with van der Waals surface area (Å²) in [4.78, 5) is 27.7. The van der Waals surface area contributed by atoms with E-state index < -0.39 is 0 Å². The second-order valence-corrected chi connectivity index (χ2v) is 7.16. The molecule has 5 nitrogen and oxygen atoms in total. The Balaban J connectivity index is 1.63. The fourth-order valence-corrected chi connectivity index (χ4v) is 3.39. The Labute approximate surface area is 151 Å². The second-order valence-electron chi connectivity index (χ2n) is 6.28. The summed E-state index contributed by atoms with van der Waals surface area (Å²) < 4.78 is 5.55. The third kappa shape index (κ3) is 3.90. The van der Waals surface area contributed by atoms with Crippen molar-refractivity contribution >= 4 is 29.3 Å². The number of benzene rings is 1. The van der Waals surface area contributed by atoms with Gasteiger partial charge in [0.15, 0.2) is 0 Å². The summed E-state index contributed by atoms with van der Waals surface area (Å²) in [6, 6.07) is 11.4. The highest BCUT2D eigenvalue weighted by molar-refractivity contribution is 7.98. The summed E-state index contributed by atoms with van der Waals surface area (Å²) in [6.07, 6.45) is 2.25. The zero-order chi connectivity index (χ0) is 18.0. The van der Waals surface area contributed by atoms with Crippen molar-refractivity contribution in [3.8, 4) is 0 Å². The van der Waals surface area contributed by atoms with Gasteiger partial charge in [-0.1, -0.05) is 0 Å². The number of nitrogens with zero attached hydrogens (tertiary/aromatic N) is 1. The van der Waals surface area contributed by atoms with Gasteiger partial charge in [-0.3, -0.25) is 9.59 Å². The van der Waals surface area contributed by atoms with Crippen molar-refractivity contribution in [2.24, 2.45) is 5.92 Å². The first-order chi connectivity index (χ1) is 12.0. The molecule has 1 saturated heterocycles. The summed E-state index contributed by atoms with van der Waals surface area (Å²) in [7, 11) is 0. The van der Waals surface area contributed by atoms with Crippen LogP contribution in [-0.4, -0.2) is 24.6 Å². The van der Waals surface area contributed by atoms with Gasteiger partial charge in [-0.2, -0.15) is 0 Å². The fourth-order valence-electron chi connectivity index (χ4n) is 2.98. The number of anilines is 1. The molecular weight excluding hydrogens is 336 g/mol. The highest BCUT2D eigenvalue weighted by atomic mass is 32.2. The SMILES string of the molecule is CSc1ccc(N2CC(C(=O)NC(C)c3ccc(C)o3)CC2=O)cc1. The first-order valence-electron chi connectivity index (χ1n) is 8.29. The average Bonchev–Trinajstić information content (AvgIpc) is 3.21. The lowest BCUT2D eigenvalue weighted by Gasteiger charge is -2.18. The third-order valence-electron chi connectivity index (χ3n) is 4.43. The molecule has 25 heavy (non-hydrogen) atoms. The number of rotatable bonds is 5. The van der Waals surface area contributed by atoms with Crippen LogP contribution >= 0.6 is 11.8 Å². The van der Waals surface area contributed by atoms with E-state index >= 15 is 0 Å². The normalized spacial score (nSPS) is 18.4. The van der Waals surface area contributed by atoms with E-state index in [1.807, 2.05) is 56.5 Å². The summed E-state index contributed by atoms with van der Waals surface area (Å²) in [5.74, 6) is 1.06. The Morgan fingerprint density at radius 3 is 2.60 bits per heavy atom. The molecule has 2 atom stereocenters. The monoisotopic (exact) mass is 358 g/mol. The molecule has 2 unspecified atom stereocenters. The minimum absolute atomic E-state index is 0.0152. The summed E-state index contributed by atoms with van der Waals surface area (Å²) in [5.41, 5.74) is 0.841. The van der Waals surface area contributed by atoms with Crippen LogP contribution < -0.4 is 10.2 Å². The summed E-state index contributed by atoms with van der Waals surface area (Å²) in [5, 5.41) is 2.95. The van der Waals surface area contributed by atoms with Crippen molar-refractivity contribution in [2.75, 3.05) is 17.7 Å². The van der Waals surface area contributed by atoms with Crippen molar-refractivity contribution in [1.29, 1.82) is 0 Å². The predicted molar refractivity (Wildman–Crippen MR) is 98.7 cm³/mol. The Morgan fingerprint density at radius 1 is 1.28 bits per heavy atom. The Kier molecular flexibility index (Phi) is 5.18. The molecule has 1 fully saturated rings. The van der Waals surface area contributed by atoms with Crippen LogP contribution in [0.15, 0.2) is 45.7 Å². The molecule has 2 heterocycles. The van der Waals surface area contributed by atoms with Crippen molar-refractivity contribution in [3.05, 3.63) is 47.9 Å². The number of amides is 2. The van der Waals surface area contributed by atoms with E-state index in [-0.39, 0.29) is 30.2 Å². The zero-order valence-corrected chi connectivity index (χ0v) is 15.4. The molecule has 0 spiro atoms. The van der Waals surface area contributed by atoms with Gasteiger partial charge in [0.2, 0.25) is 11.8 Å². The number of furan rings is 1. The van der Waals surface area contributed by atoms with Crippen LogP contribution in [0.1, 0.15) is 30.9 Å². The van der Waals surface area contributed by atoms with E-state index in [9.17, 15) is 9.59 Å². The number of carbonyl (C=O) groups excluding carboxylic acids is 2. The van der Waals surface area contributed by atoms with Crippen LogP contribution in [0.3, 0.4) is 0 Å². The van der Waals surface area contributed by atoms with Gasteiger partial charge in [0.05, 0.1) is 12.0 Å². The number of nitrogens with one attached hydrogen (secondary N) is 1. The quantitative estimate of drug-likeness (QED) is 0.831. The number of carbonyl (C=O) groups is 2. The molecule has 132 valence electrons. The van der Waals surface area contributed by atoms with Gasteiger partial charge in [0.1, 0.15) is 11.5 Å². The molecule has 3 rings (SSSR count). The molecule has 0 saturated carbocycles. The molecule has 6 heteroatoms. The standard InChI is InChI=1S/C19H22N2O3S/c1-12-4-9-17(24-12)13(2)20-19(23)14-10-18(22)21(11-14)15-5-7-16(25-3)8-6-15/h4-9,13-14H,10-11H2,1-3H3,(H,20,23). The maximum absolute atomic E-state index is 12.5. The molecule has 1 aromatic carbocycles. The van der Waals surface area contributed by atoms with Gasteiger partial charge in [-0.15, -0.1) is 11.8 Å². The van der Waals surface area contributed by atoms with Gasteiger partial charge in [-0.25, -0.2) is 0 Å². The largest absolute Gasteiger partial charge is 0.464 e. The number of hydrogen-bond acceptors (Lipinski definition) is 4. The third-order valence-corrected chi connectivity index (χ3v) is 5.17. The number of hydrogen-bond donors (Lipinski definition) is 1. The van der Waals surface area contributed by atoms with Crippen molar-refractivity contribution in [3.63, 3.8) is 0 Å². The zero-order valence-electron chi connectivity index (χ0n) is 14.6. The molecule has 2 aromatic rings. The predicted octanol–water partition coefficient (Wildman–Crippen LogP) is 3.54. The van der Waals surface area contributed by atoms with Crippen LogP contribution in [0, 0.1) is 12.8 Å². The van der Waals surface area contributed by atoms with Crippen molar-refractivity contribution in [1.82, 2.24) is 5.32 Å². The average molecular weight is 358 g/mol. The minimum Gasteiger partial charge on any atom is -0.464 e. The molecule has 1 aliphatic heterocycles. The fraction of sp³-hybridized carbons (Fsp3) is 0.368. The van der Waals surface area contributed by atoms with Gasteiger partial charge in [0.25, 0.3) is 0 Å². The summed E-state index contributed by atoms with van der Waals surface area (Å²) in [6.45, 7) is 4.16. The second kappa shape index (κ2) is 7.35. The van der Waals surface area contributed by atoms with Crippen LogP contribution in [0.5, 0.6) is 0 Å². The van der Waals surface area contributed by atoms with E-state index in [0.717, 1.165) is 22.1 Å². The van der Waals surface area contributed by atoms with Gasteiger partial charge < -0.3 is 14.6 Å². The molecule has 1 N–H and O–H groups in total. The maximum atomic E-state index is 12.5. The number of thioether (sulfide) groups is 1. The van der Waals surface area contributed by atoms with Crippen LogP contribution in [0.25, 0.3) is 0 Å². The maximum Gasteiger partial charge on any atom is 0.227 e. The topological polar surface area (TPSA) is 62.6 Å². The first kappa shape index (κ1) is 17.6. The van der Waals surface area contributed by atoms with Crippen LogP contribution in [-0.2, 0) is 9.59 Å². The van der Waals surface area contributed by atoms with Crippen molar-refractivity contribution in [2.45, 2.75) is 31.2 Å². The molecule has 2 amide bonds. The smallest absolute Gasteiger partial charge is 0.227 e. The molecule has 0 bridgehead atoms. The molecule has 1 aliphatic rings. The lowest BCUT2D eigenvalue weighted by atomic mass is 10.1. The van der Waals surface area contributed by atoms with E-state index in [1.165, 1.54) is 0 Å². The van der Waals surface area contributed by atoms with E-state index in [1.54, 1.807) is 16.7 Å². The Bertz CT molecular complexity index is 769. The Hall–Kier alpha value is -2.21. The lowest BCUT2D eigenvalue weighted by Crippen LogP contribution is -2.34. The first-order valence-corrected chi connectivity index (χ1v) is 9.51. The van der Waals surface area contributed by atoms with Crippen LogP contribution in [0.4, 0.5) is 5.69 Å². The van der Waals surface area contributed by atoms with Gasteiger partial charge in [-0.05, 0) is 56.5 Å². The number of aryl methyl sites for hydroxylation is 1. The Morgan fingerprint density at radius 2 is 2.00 bits per heavy atom. The summed E-state index contributed by atoms with van der Waals surface area (Å²) >= 11 is 1.66. The minimum atomic E-state index is -0.341. The lowest BCUT2D eigenvalue weighted by molar-refractivity contribution is -0.127. The van der Waals surface area contributed by atoms with E-state index in [0.29, 0.717) is 6.54 Å². The van der Waals surface area contributed by atoms with E-state index in [2.05, 4.69) is 5.32 Å². The van der Waals surface area contributed by atoms with Crippen LogP contribution in [0.2, 0.25) is 0 Å². The van der Waals surface area contributed by atoms with E-state index in [4.69, 9.17) is 4.42 Å². The van der Waals surface area contributed by atoms with Gasteiger partial charge >= 0.3 is 0 Å². The van der Waals surface area contributed by atoms with Crippen molar-refractivity contribution < 1.29 is 14.0 Å². The molecule has 0 aliphatic carbocycles. The molecular formula is C19H22N2O3S. The highest BCUT2D eigenvalue weighted by Gasteiger charge is 2.35. The van der Waals surface area contributed by atoms with Gasteiger partial charge in [0, 0.05) is 23.5 Å².